The molecule has 1 aromatic rings. The number of rotatable bonds is 5. The number of hydrogen-bond donors (Lipinski definition) is 2. The molecule has 0 spiro atoms. The van der Waals surface area contributed by atoms with E-state index in [-0.39, 0.29) is 0 Å². The molecule has 6 heteroatoms. The highest BCUT2D eigenvalue weighted by Crippen LogP contribution is 2.16. The molecule has 96 valence electrons. The van der Waals surface area contributed by atoms with E-state index in [1.807, 2.05) is 6.92 Å². The molecule has 0 atom stereocenters. The zero-order chi connectivity index (χ0) is 13.1. The van der Waals surface area contributed by atoms with Crippen molar-refractivity contribution < 1.29 is 8.42 Å². The largest absolute Gasteiger partial charge is 0.399 e. The summed E-state index contributed by atoms with van der Waals surface area (Å²) in [5.41, 5.74) is 13.6. The Bertz CT molecular complexity index is 485. The molecule has 17 heavy (non-hydrogen) atoms. The fourth-order valence-electron chi connectivity index (χ4n) is 1.65. The van der Waals surface area contributed by atoms with Gasteiger partial charge in [0, 0.05) is 24.5 Å². The van der Waals surface area contributed by atoms with Crippen LogP contribution in [0.5, 0.6) is 0 Å². The second kappa shape index (κ2) is 5.37. The molecule has 0 aliphatic rings. The number of hydrogen-bond acceptors (Lipinski definition) is 4. The van der Waals surface area contributed by atoms with E-state index in [2.05, 4.69) is 0 Å². The first kappa shape index (κ1) is 13.8. The molecule has 5 nitrogen and oxygen atoms in total. The minimum Gasteiger partial charge on any atom is -0.399 e. The Hall–Kier alpha value is -1.27. The lowest BCUT2D eigenvalue weighted by Gasteiger charge is -2.18. The molecule has 0 saturated heterocycles. The maximum absolute atomic E-state index is 11.4. The monoisotopic (exact) mass is 257 g/mol. The molecule has 0 aliphatic carbocycles. The third-order valence-corrected chi connectivity index (χ3v) is 4.00. The van der Waals surface area contributed by atoms with Crippen molar-refractivity contribution in [1.82, 2.24) is 4.31 Å². The molecule has 0 heterocycles. The standard InChI is InChI=1S/C11H19N3O2S/c1-3-14(17(2,15)16)7-6-9-8-10(12)4-5-11(9)13/h4-5,8H,3,6-7,12-13H2,1-2H3. The Morgan fingerprint density at radius 1 is 1.29 bits per heavy atom. The van der Waals surface area contributed by atoms with Crippen molar-refractivity contribution in [2.75, 3.05) is 30.8 Å². The van der Waals surface area contributed by atoms with E-state index in [9.17, 15) is 8.42 Å². The van der Waals surface area contributed by atoms with Crippen LogP contribution >= 0.6 is 0 Å². The number of nitrogen functional groups attached to an aromatic ring is 2. The van der Waals surface area contributed by atoms with Gasteiger partial charge in [-0.3, -0.25) is 0 Å². The normalized spacial score (nSPS) is 11.9. The molecule has 0 radical (unpaired) electrons. The zero-order valence-corrected chi connectivity index (χ0v) is 11.0. The molecular weight excluding hydrogens is 238 g/mol. The molecule has 0 bridgehead atoms. The second-order valence-corrected chi connectivity index (χ2v) is 5.95. The van der Waals surface area contributed by atoms with Gasteiger partial charge in [-0.15, -0.1) is 0 Å². The van der Waals surface area contributed by atoms with E-state index in [1.165, 1.54) is 10.6 Å². The molecular formula is C11H19N3O2S. The Morgan fingerprint density at radius 3 is 2.47 bits per heavy atom. The average Bonchev–Trinajstić information content (AvgIpc) is 2.22. The van der Waals surface area contributed by atoms with Gasteiger partial charge in [-0.2, -0.15) is 0 Å². The molecule has 0 aliphatic heterocycles. The topological polar surface area (TPSA) is 89.4 Å². The molecule has 4 N–H and O–H groups in total. The van der Waals surface area contributed by atoms with Crippen LogP contribution in [0.2, 0.25) is 0 Å². The Morgan fingerprint density at radius 2 is 1.94 bits per heavy atom. The second-order valence-electron chi connectivity index (χ2n) is 3.96. The summed E-state index contributed by atoms with van der Waals surface area (Å²) in [6, 6.07) is 5.25. The Labute approximate surface area is 102 Å². The van der Waals surface area contributed by atoms with Crippen molar-refractivity contribution in [1.29, 1.82) is 0 Å². The van der Waals surface area contributed by atoms with Crippen molar-refractivity contribution in [3.8, 4) is 0 Å². The number of likely N-dealkylation sites (N-methyl/N-ethyl adjacent to an activating group) is 1. The van der Waals surface area contributed by atoms with E-state index in [0.717, 1.165) is 5.56 Å². The number of benzene rings is 1. The van der Waals surface area contributed by atoms with Gasteiger partial charge in [0.25, 0.3) is 0 Å². The summed E-state index contributed by atoms with van der Waals surface area (Å²) in [7, 11) is -3.15. The summed E-state index contributed by atoms with van der Waals surface area (Å²) in [6.07, 6.45) is 1.77. The van der Waals surface area contributed by atoms with Crippen molar-refractivity contribution in [2.45, 2.75) is 13.3 Å². The lowest BCUT2D eigenvalue weighted by Crippen LogP contribution is -2.31. The summed E-state index contributed by atoms with van der Waals surface area (Å²) >= 11 is 0. The van der Waals surface area contributed by atoms with Crippen molar-refractivity contribution >= 4 is 21.4 Å². The van der Waals surface area contributed by atoms with Crippen LogP contribution in [0.1, 0.15) is 12.5 Å². The van der Waals surface area contributed by atoms with Crippen molar-refractivity contribution in [3.05, 3.63) is 23.8 Å². The SMILES string of the molecule is CCN(CCc1cc(N)ccc1N)S(C)(=O)=O. The molecule has 1 rings (SSSR count). The number of nitrogens with zero attached hydrogens (tertiary/aromatic N) is 1. The van der Waals surface area contributed by atoms with Gasteiger partial charge in [0.15, 0.2) is 0 Å². The van der Waals surface area contributed by atoms with Gasteiger partial charge in [-0.1, -0.05) is 6.92 Å². The molecule has 0 aromatic heterocycles. The quantitative estimate of drug-likeness (QED) is 0.759. The first-order valence-electron chi connectivity index (χ1n) is 5.43. The molecule has 0 unspecified atom stereocenters. The van der Waals surface area contributed by atoms with Crippen LogP contribution < -0.4 is 11.5 Å². The maximum atomic E-state index is 11.4. The summed E-state index contributed by atoms with van der Waals surface area (Å²) in [4.78, 5) is 0. The highest BCUT2D eigenvalue weighted by molar-refractivity contribution is 7.88. The van der Waals surface area contributed by atoms with Gasteiger partial charge < -0.3 is 11.5 Å². The number of sulfonamides is 1. The number of nitrogens with two attached hydrogens (primary N) is 2. The molecule has 0 saturated carbocycles. The minimum atomic E-state index is -3.15. The van der Waals surface area contributed by atoms with Crippen LogP contribution in [0.4, 0.5) is 11.4 Å². The molecule has 1 aromatic carbocycles. The van der Waals surface area contributed by atoms with Crippen LogP contribution in [0, 0.1) is 0 Å². The van der Waals surface area contributed by atoms with Gasteiger partial charge in [0.1, 0.15) is 0 Å². The van der Waals surface area contributed by atoms with Crippen molar-refractivity contribution in [3.63, 3.8) is 0 Å². The highest BCUT2D eigenvalue weighted by Gasteiger charge is 2.14. The minimum absolute atomic E-state index is 0.420. The van der Waals surface area contributed by atoms with Crippen LogP contribution in [0.3, 0.4) is 0 Å². The number of anilines is 2. The van der Waals surface area contributed by atoms with Gasteiger partial charge in [0.2, 0.25) is 10.0 Å². The van der Waals surface area contributed by atoms with E-state index >= 15 is 0 Å². The average molecular weight is 257 g/mol. The fraction of sp³-hybridized carbons (Fsp3) is 0.455. The van der Waals surface area contributed by atoms with Gasteiger partial charge in [-0.25, -0.2) is 12.7 Å². The Kier molecular flexibility index (Phi) is 4.36. The van der Waals surface area contributed by atoms with Gasteiger partial charge in [-0.05, 0) is 30.2 Å². The molecule has 0 fully saturated rings. The van der Waals surface area contributed by atoms with Crippen LogP contribution in [-0.2, 0) is 16.4 Å². The summed E-state index contributed by atoms with van der Waals surface area (Å²) in [6.45, 7) is 2.69. The first-order valence-corrected chi connectivity index (χ1v) is 7.28. The predicted molar refractivity (Wildman–Crippen MR) is 71.1 cm³/mol. The molecule has 0 amide bonds. The first-order chi connectivity index (χ1) is 7.84. The fourth-order valence-corrected chi connectivity index (χ4v) is 2.54. The zero-order valence-electron chi connectivity index (χ0n) is 10.2. The smallest absolute Gasteiger partial charge is 0.211 e. The van der Waals surface area contributed by atoms with E-state index in [1.54, 1.807) is 18.2 Å². The van der Waals surface area contributed by atoms with E-state index in [4.69, 9.17) is 11.5 Å². The van der Waals surface area contributed by atoms with E-state index in [0.29, 0.717) is 30.9 Å². The lowest BCUT2D eigenvalue weighted by molar-refractivity contribution is 0.435. The third kappa shape index (κ3) is 3.90. The maximum Gasteiger partial charge on any atom is 0.211 e. The van der Waals surface area contributed by atoms with Crippen LogP contribution in [-0.4, -0.2) is 32.1 Å². The highest BCUT2D eigenvalue weighted by atomic mass is 32.2. The third-order valence-electron chi connectivity index (χ3n) is 2.62. The lowest BCUT2D eigenvalue weighted by atomic mass is 10.1. The summed E-state index contributed by atoms with van der Waals surface area (Å²) in [5, 5.41) is 0. The van der Waals surface area contributed by atoms with E-state index < -0.39 is 10.0 Å². The van der Waals surface area contributed by atoms with Gasteiger partial charge in [0.05, 0.1) is 6.26 Å². The van der Waals surface area contributed by atoms with Crippen LogP contribution in [0.25, 0.3) is 0 Å². The van der Waals surface area contributed by atoms with Crippen LogP contribution in [0.15, 0.2) is 18.2 Å². The Balaban J connectivity index is 2.76. The summed E-state index contributed by atoms with van der Waals surface area (Å²) in [5.74, 6) is 0. The predicted octanol–water partition coefficient (Wildman–Crippen LogP) is 0.675. The van der Waals surface area contributed by atoms with Crippen molar-refractivity contribution in [2.24, 2.45) is 0 Å². The summed E-state index contributed by atoms with van der Waals surface area (Å²) < 4.78 is 24.2. The van der Waals surface area contributed by atoms with Gasteiger partial charge >= 0.3 is 0 Å².